The van der Waals surface area contributed by atoms with Gasteiger partial charge >= 0.3 is 5.97 Å². The lowest BCUT2D eigenvalue weighted by Crippen LogP contribution is -2.38. The van der Waals surface area contributed by atoms with E-state index in [4.69, 9.17) is 4.74 Å². The Morgan fingerprint density at radius 2 is 1.55 bits per heavy atom. The lowest BCUT2D eigenvalue weighted by Gasteiger charge is -2.28. The highest BCUT2D eigenvalue weighted by atomic mass is 31.1. The Morgan fingerprint density at radius 1 is 1.00 bits per heavy atom. The van der Waals surface area contributed by atoms with E-state index in [9.17, 15) is 9.59 Å². The third-order valence-electron chi connectivity index (χ3n) is 5.17. The molecule has 3 nitrogen and oxygen atoms in total. The molecular weight excluding hydrogens is 295 g/mol. The number of ether oxygens (including phenoxy) is 1. The summed E-state index contributed by atoms with van der Waals surface area (Å²) in [6, 6.07) is 10.3. The first-order valence-corrected chi connectivity index (χ1v) is 9.06. The zero-order valence-electron chi connectivity index (χ0n) is 13.4. The second-order valence-electron chi connectivity index (χ2n) is 6.18. The fraction of sp³-hybridized carbons (Fsp3) is 0.444. The van der Waals surface area contributed by atoms with Crippen LogP contribution in [0, 0.1) is 11.8 Å². The predicted octanol–water partition coefficient (Wildman–Crippen LogP) is 2.89. The average Bonchev–Trinajstić information content (AvgIpc) is 2.99. The highest BCUT2D eigenvalue weighted by molar-refractivity contribution is 7.68. The fourth-order valence-electron chi connectivity index (χ4n) is 4.14. The summed E-state index contributed by atoms with van der Waals surface area (Å²) < 4.78 is 5.03. The molecule has 22 heavy (non-hydrogen) atoms. The molecule has 0 aliphatic carbocycles. The Labute approximate surface area is 132 Å². The minimum Gasteiger partial charge on any atom is -0.469 e. The number of methoxy groups -OCH3 is 1. The topological polar surface area (TPSA) is 43.4 Å². The quantitative estimate of drug-likeness (QED) is 0.489. The van der Waals surface area contributed by atoms with Gasteiger partial charge in [0.2, 0.25) is 0 Å². The molecule has 0 radical (unpaired) electrons. The SMILES string of the molecule is COC(=O)[C@H]1[C@H](C(C)=O)[C@H]2C(C)=C(C)[C@@H]1P2c1ccccc1. The van der Waals surface area contributed by atoms with Crippen LogP contribution in [-0.4, -0.2) is 30.2 Å². The van der Waals surface area contributed by atoms with E-state index in [1.54, 1.807) is 6.92 Å². The monoisotopic (exact) mass is 316 g/mol. The van der Waals surface area contributed by atoms with Gasteiger partial charge in [-0.25, -0.2) is 0 Å². The van der Waals surface area contributed by atoms with Crippen molar-refractivity contribution in [3.63, 3.8) is 0 Å². The smallest absolute Gasteiger partial charge is 0.310 e. The Hall–Kier alpha value is -1.47. The van der Waals surface area contributed by atoms with Gasteiger partial charge in [0.25, 0.3) is 0 Å². The lowest BCUT2D eigenvalue weighted by molar-refractivity contribution is -0.149. The highest BCUT2D eigenvalue weighted by Crippen LogP contribution is 2.69. The van der Waals surface area contributed by atoms with Crippen LogP contribution >= 0.6 is 7.92 Å². The number of esters is 1. The molecule has 5 atom stereocenters. The van der Waals surface area contributed by atoms with Crippen LogP contribution in [0.25, 0.3) is 0 Å². The molecule has 1 saturated heterocycles. The predicted molar refractivity (Wildman–Crippen MR) is 88.6 cm³/mol. The summed E-state index contributed by atoms with van der Waals surface area (Å²) in [6.45, 7) is 5.86. The van der Waals surface area contributed by atoms with Gasteiger partial charge in [-0.05, 0) is 26.1 Å². The third-order valence-corrected chi connectivity index (χ3v) is 8.68. The van der Waals surface area contributed by atoms with Gasteiger partial charge in [0, 0.05) is 17.2 Å². The van der Waals surface area contributed by atoms with Crippen LogP contribution in [0.2, 0.25) is 0 Å². The van der Waals surface area contributed by atoms with Crippen molar-refractivity contribution < 1.29 is 14.3 Å². The van der Waals surface area contributed by atoms with E-state index in [0.717, 1.165) is 0 Å². The number of fused-ring (bicyclic) bond motifs is 2. The first-order chi connectivity index (χ1) is 10.5. The maximum absolute atomic E-state index is 12.4. The molecule has 3 rings (SSSR count). The van der Waals surface area contributed by atoms with Crippen LogP contribution in [0.15, 0.2) is 41.5 Å². The number of ketones is 1. The van der Waals surface area contributed by atoms with Crippen molar-refractivity contribution in [3.8, 4) is 0 Å². The van der Waals surface area contributed by atoms with Crippen molar-refractivity contribution >= 4 is 25.0 Å². The minimum atomic E-state index is -0.575. The Bertz CT molecular complexity index is 650. The van der Waals surface area contributed by atoms with Crippen LogP contribution < -0.4 is 5.30 Å². The molecule has 0 spiro atoms. The van der Waals surface area contributed by atoms with E-state index in [2.05, 4.69) is 26.0 Å². The molecular formula is C18H21O3P. The fourth-order valence-corrected chi connectivity index (χ4v) is 8.28. The maximum atomic E-state index is 12.4. The minimum absolute atomic E-state index is 0.109. The summed E-state index contributed by atoms with van der Waals surface area (Å²) in [5, 5.41) is 1.28. The van der Waals surface area contributed by atoms with E-state index in [0.29, 0.717) is 0 Å². The number of hydrogen-bond donors (Lipinski definition) is 0. The van der Waals surface area contributed by atoms with Gasteiger partial charge in [0.15, 0.2) is 0 Å². The number of allylic oxidation sites excluding steroid dienone is 2. The molecule has 0 amide bonds. The summed E-state index contributed by atoms with van der Waals surface area (Å²) in [4.78, 5) is 24.6. The number of benzene rings is 1. The van der Waals surface area contributed by atoms with Crippen molar-refractivity contribution in [2.75, 3.05) is 7.11 Å². The molecule has 2 bridgehead atoms. The number of hydrogen-bond acceptors (Lipinski definition) is 3. The van der Waals surface area contributed by atoms with Gasteiger partial charge in [-0.3, -0.25) is 9.59 Å². The van der Waals surface area contributed by atoms with Gasteiger partial charge in [-0.2, -0.15) is 0 Å². The van der Waals surface area contributed by atoms with Crippen molar-refractivity contribution in [2.45, 2.75) is 32.1 Å². The first kappa shape index (κ1) is 15.4. The van der Waals surface area contributed by atoms with Crippen LogP contribution in [-0.2, 0) is 14.3 Å². The van der Waals surface area contributed by atoms with Gasteiger partial charge in [0.05, 0.1) is 13.0 Å². The second kappa shape index (κ2) is 5.62. The Balaban J connectivity index is 2.13. The molecule has 116 valence electrons. The molecule has 0 aromatic heterocycles. The standard InChI is InChI=1S/C18H21O3P/c1-10-11(2)17-15(18(20)21-4)14(12(3)19)16(10)22(17)13-8-6-5-7-9-13/h5-9,14-17H,1-4H3/t14-,15-,16+,17-,22?/m0/s1. The molecule has 1 unspecified atom stereocenters. The van der Waals surface area contributed by atoms with Crippen molar-refractivity contribution in [2.24, 2.45) is 11.8 Å². The molecule has 1 aromatic rings. The van der Waals surface area contributed by atoms with Crippen molar-refractivity contribution in [1.82, 2.24) is 0 Å². The van der Waals surface area contributed by atoms with Crippen LogP contribution in [0.1, 0.15) is 20.8 Å². The molecule has 0 N–H and O–H groups in total. The number of carbonyl (C=O) groups excluding carboxylic acids is 2. The second-order valence-corrected chi connectivity index (χ2v) is 8.63. The maximum Gasteiger partial charge on any atom is 0.310 e. The van der Waals surface area contributed by atoms with E-state index < -0.39 is 7.92 Å². The van der Waals surface area contributed by atoms with Gasteiger partial charge in [0.1, 0.15) is 5.78 Å². The molecule has 2 heterocycles. The number of rotatable bonds is 3. The van der Waals surface area contributed by atoms with E-state index in [-0.39, 0.29) is 34.9 Å². The zero-order chi connectivity index (χ0) is 16.0. The Kier molecular flexibility index (Phi) is 3.94. The Morgan fingerprint density at radius 3 is 2.05 bits per heavy atom. The summed E-state index contributed by atoms with van der Waals surface area (Å²) in [5.41, 5.74) is 2.92. The summed E-state index contributed by atoms with van der Waals surface area (Å²) in [6.07, 6.45) is 0. The van der Waals surface area contributed by atoms with E-state index >= 15 is 0 Å². The van der Waals surface area contributed by atoms with Crippen LogP contribution in [0.4, 0.5) is 0 Å². The average molecular weight is 316 g/mol. The molecule has 2 aliphatic rings. The summed E-state index contributed by atoms with van der Waals surface area (Å²) in [5.74, 6) is -0.670. The van der Waals surface area contributed by atoms with Gasteiger partial charge in [-0.1, -0.05) is 49.4 Å². The number of carbonyl (C=O) groups is 2. The third kappa shape index (κ3) is 2.06. The van der Waals surface area contributed by atoms with Crippen molar-refractivity contribution in [3.05, 3.63) is 41.5 Å². The first-order valence-electron chi connectivity index (χ1n) is 7.58. The highest BCUT2D eigenvalue weighted by Gasteiger charge is 2.60. The van der Waals surface area contributed by atoms with Crippen LogP contribution in [0.5, 0.6) is 0 Å². The lowest BCUT2D eigenvalue weighted by atomic mass is 9.75. The van der Waals surface area contributed by atoms with E-state index in [1.165, 1.54) is 23.6 Å². The largest absolute Gasteiger partial charge is 0.469 e. The molecule has 4 heteroatoms. The normalized spacial score (nSPS) is 33.2. The van der Waals surface area contributed by atoms with E-state index in [1.807, 2.05) is 18.2 Å². The molecule has 1 fully saturated rings. The zero-order valence-corrected chi connectivity index (χ0v) is 14.3. The molecule has 2 aliphatic heterocycles. The summed E-state index contributed by atoms with van der Waals surface area (Å²) in [7, 11) is 0.844. The molecule has 1 aromatic carbocycles. The molecule has 0 saturated carbocycles. The number of Topliss-reactive ketones (excluding diaryl/α,β-unsaturated/α-hetero) is 1. The van der Waals surface area contributed by atoms with Crippen molar-refractivity contribution in [1.29, 1.82) is 0 Å². The van der Waals surface area contributed by atoms with Gasteiger partial charge in [-0.15, -0.1) is 0 Å². The van der Waals surface area contributed by atoms with Gasteiger partial charge < -0.3 is 4.74 Å². The van der Waals surface area contributed by atoms with Crippen LogP contribution in [0.3, 0.4) is 0 Å². The summed E-state index contributed by atoms with van der Waals surface area (Å²) >= 11 is 0.